The standard InChI is InChI=1S/C18H25NO3/c1-2-5-14(6-3-1)16-13-22-17-8-4-7-15(19(16)17)9-10-18-20-11-12-21-18/h1-3,5-6,15-18H,4,7-13H2/t15-,16-,17?/m1/s1. The Morgan fingerprint density at radius 1 is 0.955 bits per heavy atom. The molecule has 3 fully saturated rings. The molecular formula is C18H25NO3. The second-order valence-electron chi connectivity index (χ2n) is 6.49. The summed E-state index contributed by atoms with van der Waals surface area (Å²) in [7, 11) is 0. The molecule has 3 heterocycles. The average Bonchev–Trinajstić information content (AvgIpc) is 3.23. The van der Waals surface area contributed by atoms with Crippen molar-refractivity contribution in [2.75, 3.05) is 19.8 Å². The highest BCUT2D eigenvalue weighted by molar-refractivity contribution is 5.20. The minimum absolute atomic E-state index is 0.0130. The van der Waals surface area contributed by atoms with Crippen molar-refractivity contribution in [3.63, 3.8) is 0 Å². The second kappa shape index (κ2) is 6.67. The number of fused-ring (bicyclic) bond motifs is 1. The van der Waals surface area contributed by atoms with E-state index in [9.17, 15) is 0 Å². The van der Waals surface area contributed by atoms with E-state index < -0.39 is 0 Å². The molecule has 1 aromatic carbocycles. The van der Waals surface area contributed by atoms with Gasteiger partial charge in [0.1, 0.15) is 6.23 Å². The van der Waals surface area contributed by atoms with Gasteiger partial charge in [0.05, 0.1) is 25.9 Å². The number of piperidine rings is 1. The molecule has 4 heteroatoms. The van der Waals surface area contributed by atoms with Gasteiger partial charge in [-0.15, -0.1) is 0 Å². The Morgan fingerprint density at radius 3 is 2.59 bits per heavy atom. The molecule has 0 spiro atoms. The Morgan fingerprint density at radius 2 is 1.77 bits per heavy atom. The summed E-state index contributed by atoms with van der Waals surface area (Å²) in [5, 5.41) is 0. The minimum atomic E-state index is 0.0130. The summed E-state index contributed by atoms with van der Waals surface area (Å²) in [6.45, 7) is 2.32. The van der Waals surface area contributed by atoms with E-state index in [1.165, 1.54) is 18.4 Å². The zero-order valence-corrected chi connectivity index (χ0v) is 13.0. The molecule has 120 valence electrons. The summed E-state index contributed by atoms with van der Waals surface area (Å²) in [6, 6.07) is 11.8. The van der Waals surface area contributed by atoms with Crippen LogP contribution < -0.4 is 0 Å². The van der Waals surface area contributed by atoms with Gasteiger partial charge in [-0.05, 0) is 37.7 Å². The fraction of sp³-hybridized carbons (Fsp3) is 0.667. The van der Waals surface area contributed by atoms with E-state index in [4.69, 9.17) is 14.2 Å². The molecule has 3 saturated heterocycles. The van der Waals surface area contributed by atoms with E-state index in [0.717, 1.165) is 39.1 Å². The van der Waals surface area contributed by atoms with Crippen molar-refractivity contribution in [2.45, 2.75) is 56.7 Å². The lowest BCUT2D eigenvalue weighted by Gasteiger charge is -2.40. The van der Waals surface area contributed by atoms with Crippen LogP contribution in [0, 0.1) is 0 Å². The molecule has 0 amide bonds. The molecule has 1 aromatic rings. The highest BCUT2D eigenvalue weighted by atomic mass is 16.7. The zero-order valence-electron chi connectivity index (χ0n) is 13.0. The van der Waals surface area contributed by atoms with Gasteiger partial charge in [0.25, 0.3) is 0 Å². The fourth-order valence-corrected chi connectivity index (χ4v) is 4.11. The number of hydrogen-bond acceptors (Lipinski definition) is 4. The van der Waals surface area contributed by atoms with Gasteiger partial charge in [-0.1, -0.05) is 30.3 Å². The minimum Gasteiger partial charge on any atom is -0.361 e. The SMILES string of the molecule is c1ccc([C@H]2COC3CCC[C@H](CCC4OCCO4)N32)cc1. The van der Waals surface area contributed by atoms with Crippen molar-refractivity contribution in [1.82, 2.24) is 4.90 Å². The van der Waals surface area contributed by atoms with Crippen molar-refractivity contribution < 1.29 is 14.2 Å². The van der Waals surface area contributed by atoms with Crippen molar-refractivity contribution in [2.24, 2.45) is 0 Å². The van der Waals surface area contributed by atoms with Gasteiger partial charge in [0.15, 0.2) is 6.29 Å². The molecule has 1 unspecified atom stereocenters. The molecule has 3 aliphatic heterocycles. The first kappa shape index (κ1) is 14.6. The molecule has 0 radical (unpaired) electrons. The van der Waals surface area contributed by atoms with E-state index in [-0.39, 0.29) is 6.29 Å². The summed E-state index contributed by atoms with van der Waals surface area (Å²) in [5.41, 5.74) is 1.38. The quantitative estimate of drug-likeness (QED) is 0.855. The molecule has 0 aromatic heterocycles. The van der Waals surface area contributed by atoms with Crippen molar-refractivity contribution >= 4 is 0 Å². The predicted octanol–water partition coefficient (Wildman–Crippen LogP) is 3.09. The molecule has 0 saturated carbocycles. The maximum atomic E-state index is 6.09. The topological polar surface area (TPSA) is 30.9 Å². The highest BCUT2D eigenvalue weighted by Gasteiger charge is 2.42. The zero-order chi connectivity index (χ0) is 14.8. The van der Waals surface area contributed by atoms with Crippen molar-refractivity contribution in [3.05, 3.63) is 35.9 Å². The normalized spacial score (nSPS) is 33.2. The van der Waals surface area contributed by atoms with Gasteiger partial charge in [-0.3, -0.25) is 4.90 Å². The van der Waals surface area contributed by atoms with Crippen molar-refractivity contribution in [3.8, 4) is 0 Å². The maximum absolute atomic E-state index is 6.09. The second-order valence-corrected chi connectivity index (χ2v) is 6.49. The van der Waals surface area contributed by atoms with Gasteiger partial charge in [-0.25, -0.2) is 0 Å². The maximum Gasteiger partial charge on any atom is 0.157 e. The van der Waals surface area contributed by atoms with Crippen LogP contribution in [0.1, 0.15) is 43.7 Å². The van der Waals surface area contributed by atoms with Crippen LogP contribution in [0.25, 0.3) is 0 Å². The van der Waals surface area contributed by atoms with Crippen LogP contribution in [0.4, 0.5) is 0 Å². The molecule has 4 rings (SSSR count). The molecule has 3 aliphatic rings. The van der Waals surface area contributed by atoms with Crippen LogP contribution in [0.3, 0.4) is 0 Å². The Bertz CT molecular complexity index is 474. The Kier molecular flexibility index (Phi) is 4.44. The Hall–Kier alpha value is -0.940. The lowest BCUT2D eigenvalue weighted by Crippen LogP contribution is -2.44. The Balaban J connectivity index is 1.46. The molecule has 4 nitrogen and oxygen atoms in total. The molecule has 0 aliphatic carbocycles. The van der Waals surface area contributed by atoms with E-state index >= 15 is 0 Å². The van der Waals surface area contributed by atoms with Crippen LogP contribution in [0.15, 0.2) is 30.3 Å². The summed E-state index contributed by atoms with van der Waals surface area (Å²) in [4.78, 5) is 2.62. The lowest BCUT2D eigenvalue weighted by molar-refractivity contribution is -0.0650. The van der Waals surface area contributed by atoms with Gasteiger partial charge in [0, 0.05) is 6.04 Å². The highest BCUT2D eigenvalue weighted by Crippen LogP contribution is 2.40. The monoisotopic (exact) mass is 303 g/mol. The number of benzene rings is 1. The van der Waals surface area contributed by atoms with Crippen LogP contribution in [0.5, 0.6) is 0 Å². The van der Waals surface area contributed by atoms with Gasteiger partial charge < -0.3 is 14.2 Å². The predicted molar refractivity (Wildman–Crippen MR) is 83.3 cm³/mol. The third-order valence-electron chi connectivity index (χ3n) is 5.16. The van der Waals surface area contributed by atoms with E-state index in [1.54, 1.807) is 0 Å². The number of nitrogens with zero attached hydrogens (tertiary/aromatic N) is 1. The van der Waals surface area contributed by atoms with E-state index in [1.807, 2.05) is 0 Å². The number of rotatable bonds is 4. The van der Waals surface area contributed by atoms with Crippen LogP contribution in [0.2, 0.25) is 0 Å². The van der Waals surface area contributed by atoms with Crippen LogP contribution in [-0.4, -0.2) is 43.3 Å². The first-order valence-electron chi connectivity index (χ1n) is 8.59. The summed E-state index contributed by atoms with van der Waals surface area (Å²) in [6.07, 6.45) is 6.13. The van der Waals surface area contributed by atoms with Crippen molar-refractivity contribution in [1.29, 1.82) is 0 Å². The first-order valence-corrected chi connectivity index (χ1v) is 8.59. The first-order chi connectivity index (χ1) is 10.9. The summed E-state index contributed by atoms with van der Waals surface area (Å²) >= 11 is 0. The van der Waals surface area contributed by atoms with Crippen LogP contribution in [-0.2, 0) is 14.2 Å². The third kappa shape index (κ3) is 2.93. The molecule has 0 N–H and O–H groups in total. The fourth-order valence-electron chi connectivity index (χ4n) is 4.11. The van der Waals surface area contributed by atoms with Gasteiger partial charge in [-0.2, -0.15) is 0 Å². The average molecular weight is 303 g/mol. The van der Waals surface area contributed by atoms with E-state index in [0.29, 0.717) is 18.3 Å². The van der Waals surface area contributed by atoms with E-state index in [2.05, 4.69) is 35.2 Å². The number of hydrogen-bond donors (Lipinski definition) is 0. The van der Waals surface area contributed by atoms with Gasteiger partial charge in [0.2, 0.25) is 0 Å². The molecular weight excluding hydrogens is 278 g/mol. The summed E-state index contributed by atoms with van der Waals surface area (Å²) < 4.78 is 17.3. The number of ether oxygens (including phenoxy) is 3. The molecule has 3 atom stereocenters. The third-order valence-corrected chi connectivity index (χ3v) is 5.16. The molecule has 0 bridgehead atoms. The largest absolute Gasteiger partial charge is 0.361 e. The lowest BCUT2D eigenvalue weighted by atomic mass is 9.94. The van der Waals surface area contributed by atoms with Crippen LogP contribution >= 0.6 is 0 Å². The summed E-state index contributed by atoms with van der Waals surface area (Å²) in [5.74, 6) is 0. The smallest absolute Gasteiger partial charge is 0.157 e. The molecule has 22 heavy (non-hydrogen) atoms. The Labute approximate surface area is 132 Å². The van der Waals surface area contributed by atoms with Gasteiger partial charge >= 0.3 is 0 Å².